The highest BCUT2D eigenvalue weighted by Gasteiger charge is 2.19. The first-order chi connectivity index (χ1) is 9.45. The van der Waals surface area contributed by atoms with Crippen molar-refractivity contribution in [3.63, 3.8) is 0 Å². The zero-order valence-corrected chi connectivity index (χ0v) is 12.2. The molecule has 1 N–H and O–H groups in total. The van der Waals surface area contributed by atoms with E-state index in [0.29, 0.717) is 11.1 Å². The molecule has 1 aromatic heterocycles. The summed E-state index contributed by atoms with van der Waals surface area (Å²) in [6.45, 7) is 4.83. The fraction of sp³-hybridized carbons (Fsp3) is 0.250. The molecule has 0 saturated heterocycles. The third-order valence-electron chi connectivity index (χ3n) is 3.42. The van der Waals surface area contributed by atoms with Gasteiger partial charge >= 0.3 is 0 Å². The monoisotopic (exact) mass is 270 g/mol. The lowest BCUT2D eigenvalue weighted by atomic mass is 10.1. The standard InChI is InChI=1S/C16H18N2O2/c1-10-16(12(3)20)15(11(2)19)9-18(10)14-7-5-13(17-4)6-8-14/h5-9,17H,1-4H3. The second-order valence-corrected chi connectivity index (χ2v) is 4.78. The molecule has 0 aliphatic heterocycles. The average Bonchev–Trinajstić information content (AvgIpc) is 2.77. The van der Waals surface area contributed by atoms with Crippen LogP contribution in [-0.2, 0) is 0 Å². The first kappa shape index (κ1) is 14.1. The van der Waals surface area contributed by atoms with Gasteiger partial charge in [-0.15, -0.1) is 0 Å². The molecule has 1 aromatic carbocycles. The Balaban J connectivity index is 2.59. The van der Waals surface area contributed by atoms with Gasteiger partial charge in [0.2, 0.25) is 0 Å². The Labute approximate surface area is 118 Å². The van der Waals surface area contributed by atoms with Gasteiger partial charge in [0, 0.05) is 41.4 Å². The Kier molecular flexibility index (Phi) is 3.74. The first-order valence-corrected chi connectivity index (χ1v) is 6.47. The molecule has 0 amide bonds. The molecule has 1 heterocycles. The number of nitrogens with zero attached hydrogens (tertiary/aromatic N) is 1. The van der Waals surface area contributed by atoms with Gasteiger partial charge in [0.15, 0.2) is 11.6 Å². The van der Waals surface area contributed by atoms with Gasteiger partial charge < -0.3 is 9.88 Å². The third kappa shape index (κ3) is 2.37. The summed E-state index contributed by atoms with van der Waals surface area (Å²) in [5.41, 5.74) is 3.72. The number of hydrogen-bond donors (Lipinski definition) is 1. The van der Waals surface area contributed by atoms with Crippen molar-refractivity contribution >= 4 is 17.3 Å². The second-order valence-electron chi connectivity index (χ2n) is 4.78. The van der Waals surface area contributed by atoms with Gasteiger partial charge in [-0.25, -0.2) is 0 Å². The number of aromatic nitrogens is 1. The zero-order chi connectivity index (χ0) is 14.9. The van der Waals surface area contributed by atoms with Gasteiger partial charge in [-0.05, 0) is 45.0 Å². The number of hydrogen-bond acceptors (Lipinski definition) is 3. The van der Waals surface area contributed by atoms with E-state index >= 15 is 0 Å². The molecule has 0 atom stereocenters. The van der Waals surface area contributed by atoms with Crippen LogP contribution in [0.4, 0.5) is 5.69 Å². The molecule has 0 spiro atoms. The summed E-state index contributed by atoms with van der Waals surface area (Å²) >= 11 is 0. The molecule has 0 unspecified atom stereocenters. The highest BCUT2D eigenvalue weighted by Crippen LogP contribution is 2.23. The maximum atomic E-state index is 11.8. The topological polar surface area (TPSA) is 51.1 Å². The van der Waals surface area contributed by atoms with E-state index in [2.05, 4.69) is 5.32 Å². The molecular formula is C16H18N2O2. The van der Waals surface area contributed by atoms with Crippen LogP contribution in [0.5, 0.6) is 0 Å². The van der Waals surface area contributed by atoms with Crippen LogP contribution in [-0.4, -0.2) is 23.2 Å². The van der Waals surface area contributed by atoms with Crippen LogP contribution in [0.3, 0.4) is 0 Å². The number of carbonyl (C=O) groups is 2. The van der Waals surface area contributed by atoms with Crippen LogP contribution in [0, 0.1) is 6.92 Å². The summed E-state index contributed by atoms with van der Waals surface area (Å²) in [5.74, 6) is -0.179. The lowest BCUT2D eigenvalue weighted by molar-refractivity contribution is 0.0981. The van der Waals surface area contributed by atoms with Gasteiger partial charge in [-0.2, -0.15) is 0 Å². The molecule has 4 nitrogen and oxygen atoms in total. The average molecular weight is 270 g/mol. The van der Waals surface area contributed by atoms with E-state index in [1.54, 1.807) is 6.20 Å². The molecule has 2 aromatic rings. The highest BCUT2D eigenvalue weighted by atomic mass is 16.1. The molecule has 0 bridgehead atoms. The predicted molar refractivity (Wildman–Crippen MR) is 80.1 cm³/mol. The van der Waals surface area contributed by atoms with Crippen LogP contribution < -0.4 is 5.32 Å². The van der Waals surface area contributed by atoms with E-state index in [-0.39, 0.29) is 11.6 Å². The summed E-state index contributed by atoms with van der Waals surface area (Å²) in [5, 5.41) is 3.06. The lowest BCUT2D eigenvalue weighted by Gasteiger charge is -2.08. The summed E-state index contributed by atoms with van der Waals surface area (Å²) in [6, 6.07) is 7.81. The van der Waals surface area contributed by atoms with Crippen molar-refractivity contribution in [3.05, 3.63) is 47.3 Å². The smallest absolute Gasteiger partial charge is 0.162 e. The first-order valence-electron chi connectivity index (χ1n) is 6.47. The molecule has 0 fully saturated rings. The quantitative estimate of drug-likeness (QED) is 0.868. The van der Waals surface area contributed by atoms with Crippen molar-refractivity contribution < 1.29 is 9.59 Å². The number of benzene rings is 1. The summed E-state index contributed by atoms with van der Waals surface area (Å²) in [6.07, 6.45) is 1.74. The zero-order valence-electron chi connectivity index (χ0n) is 12.2. The molecule has 2 rings (SSSR count). The van der Waals surface area contributed by atoms with Crippen LogP contribution in [0.2, 0.25) is 0 Å². The molecule has 0 radical (unpaired) electrons. The van der Waals surface area contributed by atoms with Gasteiger partial charge in [0.25, 0.3) is 0 Å². The maximum Gasteiger partial charge on any atom is 0.162 e. The fourth-order valence-electron chi connectivity index (χ4n) is 2.37. The molecule has 0 saturated carbocycles. The predicted octanol–water partition coefficient (Wildman–Crippen LogP) is 3.23. The van der Waals surface area contributed by atoms with Crippen LogP contribution in [0.25, 0.3) is 5.69 Å². The third-order valence-corrected chi connectivity index (χ3v) is 3.42. The second kappa shape index (κ2) is 5.33. The number of anilines is 1. The van der Waals surface area contributed by atoms with E-state index in [4.69, 9.17) is 0 Å². The molecule has 104 valence electrons. The normalized spacial score (nSPS) is 10.4. The Morgan fingerprint density at radius 2 is 1.65 bits per heavy atom. The number of nitrogens with one attached hydrogen (secondary N) is 1. The van der Waals surface area contributed by atoms with Gasteiger partial charge in [-0.3, -0.25) is 9.59 Å². The van der Waals surface area contributed by atoms with Crippen LogP contribution >= 0.6 is 0 Å². The Morgan fingerprint density at radius 1 is 1.05 bits per heavy atom. The van der Waals surface area contributed by atoms with E-state index in [9.17, 15) is 9.59 Å². The molecule has 0 aliphatic rings. The Morgan fingerprint density at radius 3 is 2.05 bits per heavy atom. The minimum atomic E-state index is -0.0936. The number of Topliss-reactive ketones (excluding diaryl/α,β-unsaturated/α-hetero) is 2. The van der Waals surface area contributed by atoms with E-state index in [1.165, 1.54) is 13.8 Å². The molecule has 4 heteroatoms. The number of rotatable bonds is 4. The van der Waals surface area contributed by atoms with Crippen molar-refractivity contribution in [2.75, 3.05) is 12.4 Å². The molecule has 20 heavy (non-hydrogen) atoms. The van der Waals surface area contributed by atoms with E-state index in [0.717, 1.165) is 17.1 Å². The minimum absolute atomic E-state index is 0.0849. The van der Waals surface area contributed by atoms with E-state index in [1.807, 2.05) is 42.8 Å². The number of ketones is 2. The summed E-state index contributed by atoms with van der Waals surface area (Å²) < 4.78 is 1.88. The van der Waals surface area contributed by atoms with Crippen molar-refractivity contribution in [3.8, 4) is 5.69 Å². The molecular weight excluding hydrogens is 252 g/mol. The Hall–Kier alpha value is -2.36. The minimum Gasteiger partial charge on any atom is -0.388 e. The molecule has 0 aliphatic carbocycles. The summed E-state index contributed by atoms with van der Waals surface area (Å²) in [7, 11) is 1.86. The largest absolute Gasteiger partial charge is 0.388 e. The van der Waals surface area contributed by atoms with Crippen LogP contribution in [0.15, 0.2) is 30.5 Å². The van der Waals surface area contributed by atoms with Crippen molar-refractivity contribution in [1.29, 1.82) is 0 Å². The SMILES string of the molecule is CNc1ccc(-n2cc(C(C)=O)c(C(C)=O)c2C)cc1. The highest BCUT2D eigenvalue weighted by molar-refractivity contribution is 6.08. The van der Waals surface area contributed by atoms with E-state index < -0.39 is 0 Å². The fourth-order valence-corrected chi connectivity index (χ4v) is 2.37. The van der Waals surface area contributed by atoms with Gasteiger partial charge in [0.1, 0.15) is 0 Å². The van der Waals surface area contributed by atoms with Crippen molar-refractivity contribution in [2.45, 2.75) is 20.8 Å². The maximum absolute atomic E-state index is 11.8. The summed E-state index contributed by atoms with van der Waals surface area (Å²) in [4.78, 5) is 23.5. The van der Waals surface area contributed by atoms with Gasteiger partial charge in [0.05, 0.1) is 0 Å². The van der Waals surface area contributed by atoms with Crippen molar-refractivity contribution in [2.24, 2.45) is 0 Å². The van der Waals surface area contributed by atoms with Crippen LogP contribution in [0.1, 0.15) is 40.3 Å². The lowest BCUT2D eigenvalue weighted by Crippen LogP contribution is -2.02. The van der Waals surface area contributed by atoms with Gasteiger partial charge in [-0.1, -0.05) is 0 Å². The Bertz CT molecular complexity index is 667. The number of carbonyl (C=O) groups excluding carboxylic acids is 2. The van der Waals surface area contributed by atoms with Crippen molar-refractivity contribution in [1.82, 2.24) is 4.57 Å².